The predicted molar refractivity (Wildman–Crippen MR) is 172 cm³/mol. The summed E-state index contributed by atoms with van der Waals surface area (Å²) in [5.41, 5.74) is -3.09. The van der Waals surface area contributed by atoms with Crippen molar-refractivity contribution in [2.45, 2.75) is 186 Å². The molecule has 0 aromatic rings. The Morgan fingerprint density at radius 2 is 0.804 bits per heavy atom. The zero-order valence-electron chi connectivity index (χ0n) is 30.4. The van der Waals surface area contributed by atoms with Crippen molar-refractivity contribution in [1.29, 1.82) is 0 Å². The van der Waals surface area contributed by atoms with E-state index >= 15 is 0 Å². The molecule has 0 aromatic heterocycles. The SMILES string of the molecule is CC1(C)CC(C(=O)OC2CCC(OC(=O)C3CC(C)(C)N(O)C(C)(C)C3)C2OC(=O)C2CC(C)(C)N(O)C(C)(C)C2)CC(C)(C)N1. The normalized spacial score (nSPS) is 32.9. The van der Waals surface area contributed by atoms with E-state index in [2.05, 4.69) is 33.0 Å². The van der Waals surface area contributed by atoms with E-state index in [0.29, 0.717) is 51.4 Å². The summed E-state index contributed by atoms with van der Waals surface area (Å²) in [5.74, 6) is -2.44. The van der Waals surface area contributed by atoms with Crippen molar-refractivity contribution in [3.8, 4) is 0 Å². The minimum Gasteiger partial charge on any atom is -0.458 e. The van der Waals surface area contributed by atoms with Crippen LogP contribution in [0.4, 0.5) is 0 Å². The first-order valence-electron chi connectivity index (χ1n) is 17.1. The molecule has 3 N–H and O–H groups in total. The quantitative estimate of drug-likeness (QED) is 0.252. The number of carbonyl (C=O) groups excluding carboxylic acids is 3. The van der Waals surface area contributed by atoms with Crippen LogP contribution in [-0.2, 0) is 28.6 Å². The number of rotatable bonds is 6. The molecular weight excluding hydrogens is 590 g/mol. The highest BCUT2D eigenvalue weighted by atomic mass is 16.6. The highest BCUT2D eigenvalue weighted by molar-refractivity contribution is 5.75. The Hall–Kier alpha value is -1.79. The van der Waals surface area contributed by atoms with Crippen LogP contribution >= 0.6 is 0 Å². The molecule has 4 fully saturated rings. The van der Waals surface area contributed by atoms with Crippen LogP contribution in [0.15, 0.2) is 0 Å². The van der Waals surface area contributed by atoms with Crippen molar-refractivity contribution in [3.63, 3.8) is 0 Å². The van der Waals surface area contributed by atoms with Crippen LogP contribution < -0.4 is 5.32 Å². The second-order valence-electron chi connectivity index (χ2n) is 18.5. The molecule has 4 rings (SSSR count). The molecule has 1 saturated carbocycles. The fourth-order valence-electron chi connectivity index (χ4n) is 9.38. The van der Waals surface area contributed by atoms with Gasteiger partial charge in [0.2, 0.25) is 0 Å². The number of piperidine rings is 3. The van der Waals surface area contributed by atoms with Crippen molar-refractivity contribution in [2.24, 2.45) is 17.8 Å². The lowest BCUT2D eigenvalue weighted by atomic mass is 9.75. The van der Waals surface area contributed by atoms with Gasteiger partial charge in [0.05, 0.1) is 17.8 Å². The van der Waals surface area contributed by atoms with Gasteiger partial charge in [-0.1, -0.05) is 0 Å². The van der Waals surface area contributed by atoms with Gasteiger partial charge in [0.15, 0.2) is 6.10 Å². The van der Waals surface area contributed by atoms with Gasteiger partial charge >= 0.3 is 17.9 Å². The molecule has 1 aliphatic carbocycles. The van der Waals surface area contributed by atoms with Crippen LogP contribution in [0.2, 0.25) is 0 Å². The molecule has 3 unspecified atom stereocenters. The van der Waals surface area contributed by atoms with Crippen molar-refractivity contribution in [3.05, 3.63) is 0 Å². The van der Waals surface area contributed by atoms with Gasteiger partial charge in [-0.15, -0.1) is 0 Å². The Balaban J connectivity index is 1.54. The van der Waals surface area contributed by atoms with Gasteiger partial charge in [0, 0.05) is 33.2 Å². The Labute approximate surface area is 276 Å². The summed E-state index contributed by atoms with van der Waals surface area (Å²) in [5, 5.41) is 27.8. The summed E-state index contributed by atoms with van der Waals surface area (Å²) in [6, 6.07) is 0. The van der Waals surface area contributed by atoms with Crippen LogP contribution in [0.1, 0.15) is 134 Å². The summed E-state index contributed by atoms with van der Waals surface area (Å²) < 4.78 is 18.5. The summed E-state index contributed by atoms with van der Waals surface area (Å²) in [7, 11) is 0. The smallest absolute Gasteiger partial charge is 0.309 e. The number of esters is 3. The molecule has 0 spiro atoms. The van der Waals surface area contributed by atoms with Gasteiger partial charge < -0.3 is 29.9 Å². The van der Waals surface area contributed by atoms with Gasteiger partial charge in [-0.05, 0) is 134 Å². The van der Waals surface area contributed by atoms with Crippen LogP contribution in [0, 0.1) is 17.8 Å². The summed E-state index contributed by atoms with van der Waals surface area (Å²) in [6.45, 7) is 23.5. The highest BCUT2D eigenvalue weighted by Crippen LogP contribution is 2.43. The average molecular weight is 652 g/mol. The fraction of sp³-hybridized carbons (Fsp3) is 0.914. The van der Waals surface area contributed by atoms with E-state index in [1.807, 2.05) is 55.4 Å². The van der Waals surface area contributed by atoms with E-state index in [-0.39, 0.29) is 23.0 Å². The topological polar surface area (TPSA) is 138 Å². The van der Waals surface area contributed by atoms with Crippen LogP contribution in [0.25, 0.3) is 0 Å². The number of hydroxylamine groups is 4. The molecule has 0 bridgehead atoms. The molecular formula is C35H61N3O8. The third-order valence-corrected chi connectivity index (χ3v) is 10.7. The van der Waals surface area contributed by atoms with Crippen LogP contribution in [0.5, 0.6) is 0 Å². The van der Waals surface area contributed by atoms with Crippen molar-refractivity contribution in [1.82, 2.24) is 15.4 Å². The Bertz CT molecular complexity index is 1130. The Morgan fingerprint density at radius 1 is 0.522 bits per heavy atom. The highest BCUT2D eigenvalue weighted by Gasteiger charge is 2.53. The first-order chi connectivity index (χ1) is 20.8. The maximum atomic E-state index is 13.8. The Morgan fingerprint density at radius 3 is 1.13 bits per heavy atom. The lowest BCUT2D eigenvalue weighted by Crippen LogP contribution is -2.60. The third-order valence-electron chi connectivity index (χ3n) is 10.7. The maximum Gasteiger partial charge on any atom is 0.309 e. The van der Waals surface area contributed by atoms with Gasteiger partial charge in [0.1, 0.15) is 12.2 Å². The van der Waals surface area contributed by atoms with E-state index in [1.54, 1.807) is 0 Å². The molecule has 264 valence electrons. The van der Waals surface area contributed by atoms with E-state index in [0.717, 1.165) is 0 Å². The number of ether oxygens (including phenoxy) is 3. The maximum absolute atomic E-state index is 13.8. The third kappa shape index (κ3) is 7.91. The van der Waals surface area contributed by atoms with Crippen molar-refractivity contribution in [2.75, 3.05) is 0 Å². The number of hydrogen-bond acceptors (Lipinski definition) is 11. The van der Waals surface area contributed by atoms with E-state index < -0.39 is 64.2 Å². The average Bonchev–Trinajstić information content (AvgIpc) is 3.23. The minimum atomic E-state index is -0.944. The van der Waals surface area contributed by atoms with Crippen molar-refractivity contribution < 1.29 is 39.0 Å². The number of carbonyl (C=O) groups is 3. The summed E-state index contributed by atoms with van der Waals surface area (Å²) in [4.78, 5) is 41.2. The van der Waals surface area contributed by atoms with Gasteiger partial charge in [0.25, 0.3) is 0 Å². The molecule has 3 atom stereocenters. The van der Waals surface area contributed by atoms with Gasteiger partial charge in [-0.25, -0.2) is 0 Å². The number of nitrogens with one attached hydrogen (secondary N) is 1. The molecule has 3 aliphatic heterocycles. The van der Waals surface area contributed by atoms with Crippen molar-refractivity contribution >= 4 is 17.9 Å². The second-order valence-corrected chi connectivity index (χ2v) is 18.5. The zero-order valence-corrected chi connectivity index (χ0v) is 30.4. The molecule has 3 heterocycles. The largest absolute Gasteiger partial charge is 0.458 e. The van der Waals surface area contributed by atoms with E-state index in [9.17, 15) is 24.8 Å². The molecule has 46 heavy (non-hydrogen) atoms. The van der Waals surface area contributed by atoms with Gasteiger partial charge in [-0.2, -0.15) is 10.1 Å². The second kappa shape index (κ2) is 12.3. The molecule has 0 amide bonds. The Kier molecular flexibility index (Phi) is 9.88. The van der Waals surface area contributed by atoms with E-state index in [1.165, 1.54) is 10.1 Å². The molecule has 0 radical (unpaired) electrons. The lowest BCUT2D eigenvalue weighted by molar-refractivity contribution is -0.254. The molecule has 4 aliphatic rings. The minimum absolute atomic E-state index is 0.252. The van der Waals surface area contributed by atoms with Gasteiger partial charge in [-0.3, -0.25) is 14.4 Å². The van der Waals surface area contributed by atoms with Crippen LogP contribution in [0.3, 0.4) is 0 Å². The molecule has 0 aromatic carbocycles. The van der Waals surface area contributed by atoms with E-state index in [4.69, 9.17) is 14.2 Å². The number of hydrogen-bond donors (Lipinski definition) is 3. The molecule has 11 heteroatoms. The summed E-state index contributed by atoms with van der Waals surface area (Å²) in [6.07, 6.45) is 1.15. The predicted octanol–water partition coefficient (Wildman–Crippen LogP) is 5.39. The summed E-state index contributed by atoms with van der Waals surface area (Å²) >= 11 is 0. The standard InChI is InChI=1S/C35H61N3O8/c1-30(2)15-21(16-31(3,4)36-30)27(39)44-24-13-14-25(45-28(40)22-17-32(5,6)37(42)33(7,8)18-22)26(24)46-29(41)23-19-34(9,10)38(43)35(11,12)20-23/h21-26,36,42-43H,13-20H2,1-12H3. The fourth-order valence-corrected chi connectivity index (χ4v) is 9.38. The molecule has 11 nitrogen and oxygen atoms in total. The monoisotopic (exact) mass is 651 g/mol. The lowest BCUT2D eigenvalue weighted by Gasteiger charge is -2.51. The first-order valence-corrected chi connectivity index (χ1v) is 17.1. The van der Waals surface area contributed by atoms with Crippen LogP contribution in [-0.4, -0.2) is 90.0 Å². The zero-order chi connectivity index (χ0) is 34.8. The molecule has 3 saturated heterocycles. The number of nitrogens with zero attached hydrogens (tertiary/aromatic N) is 2. The first kappa shape index (κ1) is 37.0.